The molecule has 4 saturated heterocycles. The minimum Gasteiger partial charge on any atom is -0.466 e. The van der Waals surface area contributed by atoms with E-state index in [0.717, 1.165) is 13.1 Å². The third-order valence-electron chi connectivity index (χ3n) is 7.25. The Morgan fingerprint density at radius 2 is 2.03 bits per heavy atom. The Bertz CT molecular complexity index is 714. The number of morpholine rings is 1. The number of rotatable bonds is 10. The zero-order valence-electron chi connectivity index (χ0n) is 18.8. The van der Waals surface area contributed by atoms with Gasteiger partial charge in [-0.1, -0.05) is 0 Å². The van der Waals surface area contributed by atoms with Crippen molar-refractivity contribution in [3.8, 4) is 0 Å². The summed E-state index contributed by atoms with van der Waals surface area (Å²) in [5.41, 5.74) is -0.985. The maximum atomic E-state index is 13.5. The Hall–Kier alpha value is -1.75. The summed E-state index contributed by atoms with van der Waals surface area (Å²) in [4.78, 5) is 43.4. The summed E-state index contributed by atoms with van der Waals surface area (Å²) >= 11 is 0. The number of nitrogens with one attached hydrogen (secondary N) is 1. The lowest BCUT2D eigenvalue weighted by atomic mass is 9.71. The van der Waals surface area contributed by atoms with Crippen molar-refractivity contribution in [1.82, 2.24) is 15.1 Å². The second-order valence-electron chi connectivity index (χ2n) is 9.02. The first-order valence-corrected chi connectivity index (χ1v) is 11.9. The van der Waals surface area contributed by atoms with E-state index in [9.17, 15) is 19.5 Å². The smallest absolute Gasteiger partial charge is 0.312 e. The number of aliphatic hydroxyl groups is 1. The van der Waals surface area contributed by atoms with E-state index in [0.29, 0.717) is 58.5 Å². The van der Waals surface area contributed by atoms with Gasteiger partial charge < -0.3 is 29.5 Å². The molecule has 180 valence electrons. The standard InChI is InChI=1S/C22H35N3O7/c1-2-31-21(29)16-15-5-6-22(32-15)17(16)20(28)25(8-3-4-12-26)18(22)19(27)23-7-9-24-10-13-30-14-11-24/h15-18,26H,2-14H2,1H3,(H,23,27)/t15-,16+,17-,18?,22?/m0/s1. The molecule has 2 bridgehead atoms. The van der Waals surface area contributed by atoms with Crippen LogP contribution in [0.5, 0.6) is 0 Å². The minimum absolute atomic E-state index is 0.0248. The molecule has 4 aliphatic heterocycles. The molecule has 4 rings (SSSR count). The number of amides is 2. The normalized spacial score (nSPS) is 34.1. The molecule has 4 aliphatic rings. The minimum atomic E-state index is -0.985. The van der Waals surface area contributed by atoms with E-state index in [1.807, 2.05) is 0 Å². The zero-order valence-corrected chi connectivity index (χ0v) is 18.8. The van der Waals surface area contributed by atoms with Gasteiger partial charge >= 0.3 is 5.97 Å². The summed E-state index contributed by atoms with van der Waals surface area (Å²) in [7, 11) is 0. The number of fused-ring (bicyclic) bond motifs is 1. The van der Waals surface area contributed by atoms with Crippen molar-refractivity contribution in [2.75, 3.05) is 59.2 Å². The van der Waals surface area contributed by atoms with E-state index in [2.05, 4.69) is 10.2 Å². The molecule has 0 aliphatic carbocycles. The van der Waals surface area contributed by atoms with Crippen LogP contribution in [0.2, 0.25) is 0 Å². The van der Waals surface area contributed by atoms with Crippen LogP contribution in [0.3, 0.4) is 0 Å². The van der Waals surface area contributed by atoms with E-state index in [1.54, 1.807) is 11.8 Å². The average molecular weight is 454 g/mol. The molecule has 32 heavy (non-hydrogen) atoms. The summed E-state index contributed by atoms with van der Waals surface area (Å²) in [6.45, 7) is 6.60. The lowest BCUT2D eigenvalue weighted by Crippen LogP contribution is -2.56. The first-order valence-electron chi connectivity index (χ1n) is 11.9. The van der Waals surface area contributed by atoms with Gasteiger partial charge in [0, 0.05) is 39.3 Å². The molecule has 10 nitrogen and oxygen atoms in total. The number of aliphatic hydroxyl groups excluding tert-OH is 1. The number of nitrogens with zero attached hydrogens (tertiary/aromatic N) is 2. The summed E-state index contributed by atoms with van der Waals surface area (Å²) in [6.07, 6.45) is 1.94. The number of ether oxygens (including phenoxy) is 3. The van der Waals surface area contributed by atoms with Crippen LogP contribution in [-0.4, -0.2) is 110 Å². The zero-order chi connectivity index (χ0) is 22.7. The number of hydrogen-bond acceptors (Lipinski definition) is 8. The highest BCUT2D eigenvalue weighted by atomic mass is 16.6. The van der Waals surface area contributed by atoms with Crippen LogP contribution in [0.25, 0.3) is 0 Å². The molecule has 10 heteroatoms. The Morgan fingerprint density at radius 1 is 1.25 bits per heavy atom. The van der Waals surface area contributed by atoms with Crippen LogP contribution >= 0.6 is 0 Å². The lowest BCUT2D eigenvalue weighted by Gasteiger charge is -2.33. The van der Waals surface area contributed by atoms with Gasteiger partial charge in [0.05, 0.1) is 37.8 Å². The lowest BCUT2D eigenvalue weighted by molar-refractivity contribution is -0.154. The van der Waals surface area contributed by atoms with Crippen LogP contribution in [0.15, 0.2) is 0 Å². The number of likely N-dealkylation sites (tertiary alicyclic amines) is 1. The van der Waals surface area contributed by atoms with Gasteiger partial charge in [-0.25, -0.2) is 0 Å². The molecule has 1 spiro atoms. The molecular weight excluding hydrogens is 418 g/mol. The molecule has 2 N–H and O–H groups in total. The van der Waals surface area contributed by atoms with Gasteiger partial charge in [-0.3, -0.25) is 19.3 Å². The van der Waals surface area contributed by atoms with Gasteiger partial charge in [-0.2, -0.15) is 0 Å². The van der Waals surface area contributed by atoms with Gasteiger partial charge in [0.25, 0.3) is 0 Å². The fourth-order valence-corrected chi connectivity index (χ4v) is 5.85. The molecule has 4 fully saturated rings. The van der Waals surface area contributed by atoms with Crippen molar-refractivity contribution in [3.63, 3.8) is 0 Å². The summed E-state index contributed by atoms with van der Waals surface area (Å²) in [6, 6.07) is -0.771. The van der Waals surface area contributed by atoms with Crippen molar-refractivity contribution in [1.29, 1.82) is 0 Å². The first kappa shape index (κ1) is 23.4. The number of unbranched alkanes of at least 4 members (excludes halogenated alkanes) is 1. The van der Waals surface area contributed by atoms with Gasteiger partial charge in [0.1, 0.15) is 11.6 Å². The number of carbonyl (C=O) groups is 3. The van der Waals surface area contributed by atoms with Gasteiger partial charge in [-0.15, -0.1) is 0 Å². The maximum Gasteiger partial charge on any atom is 0.312 e. The highest BCUT2D eigenvalue weighted by molar-refractivity contribution is 5.98. The number of esters is 1. The Kier molecular flexibility index (Phi) is 7.34. The largest absolute Gasteiger partial charge is 0.466 e. The monoisotopic (exact) mass is 453 g/mol. The topological polar surface area (TPSA) is 118 Å². The summed E-state index contributed by atoms with van der Waals surface area (Å²) in [5.74, 6) is -2.21. The average Bonchev–Trinajstić information content (AvgIpc) is 3.42. The van der Waals surface area contributed by atoms with E-state index in [4.69, 9.17) is 14.2 Å². The van der Waals surface area contributed by atoms with E-state index < -0.39 is 29.4 Å². The predicted molar refractivity (Wildman–Crippen MR) is 113 cm³/mol. The third kappa shape index (κ3) is 4.13. The highest BCUT2D eigenvalue weighted by Crippen LogP contribution is 2.58. The molecule has 5 atom stereocenters. The van der Waals surface area contributed by atoms with Crippen molar-refractivity contribution >= 4 is 17.8 Å². The van der Waals surface area contributed by atoms with Gasteiger partial charge in [0.2, 0.25) is 11.8 Å². The van der Waals surface area contributed by atoms with Crippen LogP contribution in [0.4, 0.5) is 0 Å². The van der Waals surface area contributed by atoms with Crippen LogP contribution < -0.4 is 5.32 Å². The highest BCUT2D eigenvalue weighted by Gasteiger charge is 2.74. The molecule has 0 aromatic carbocycles. The van der Waals surface area contributed by atoms with Crippen LogP contribution in [0.1, 0.15) is 32.6 Å². The summed E-state index contributed by atoms with van der Waals surface area (Å²) in [5, 5.41) is 12.2. The van der Waals surface area contributed by atoms with Crippen molar-refractivity contribution in [2.24, 2.45) is 11.8 Å². The molecule has 0 aromatic heterocycles. The maximum absolute atomic E-state index is 13.5. The van der Waals surface area contributed by atoms with Gasteiger partial charge in [-0.05, 0) is 32.6 Å². The first-order chi connectivity index (χ1) is 15.5. The molecule has 0 saturated carbocycles. The van der Waals surface area contributed by atoms with E-state index >= 15 is 0 Å². The fourth-order valence-electron chi connectivity index (χ4n) is 5.85. The Balaban J connectivity index is 1.50. The Morgan fingerprint density at radius 3 is 2.75 bits per heavy atom. The van der Waals surface area contributed by atoms with E-state index in [1.165, 1.54) is 0 Å². The van der Waals surface area contributed by atoms with Crippen molar-refractivity contribution < 1.29 is 33.7 Å². The number of carbonyl (C=O) groups excluding carboxylic acids is 3. The molecular formula is C22H35N3O7. The Labute approximate surface area is 188 Å². The molecule has 2 unspecified atom stereocenters. The summed E-state index contributed by atoms with van der Waals surface area (Å²) < 4.78 is 16.9. The quantitative estimate of drug-likeness (QED) is 0.324. The van der Waals surface area contributed by atoms with Crippen molar-refractivity contribution in [2.45, 2.75) is 50.4 Å². The fraction of sp³-hybridized carbons (Fsp3) is 0.864. The molecule has 2 amide bonds. The predicted octanol–water partition coefficient (Wildman–Crippen LogP) is -0.855. The molecule has 0 radical (unpaired) electrons. The van der Waals surface area contributed by atoms with Crippen molar-refractivity contribution in [3.05, 3.63) is 0 Å². The van der Waals surface area contributed by atoms with E-state index in [-0.39, 0.29) is 31.1 Å². The van der Waals surface area contributed by atoms with Gasteiger partial charge in [0.15, 0.2) is 0 Å². The second kappa shape index (κ2) is 10.0. The second-order valence-corrected chi connectivity index (χ2v) is 9.02. The van der Waals surface area contributed by atoms with Crippen LogP contribution in [-0.2, 0) is 28.6 Å². The molecule has 4 heterocycles. The molecule has 0 aromatic rings. The third-order valence-corrected chi connectivity index (χ3v) is 7.25. The SMILES string of the molecule is CCOC(=O)[C@@H]1[C@@H]2CCC3(O2)C(C(=O)NCCN2CCOCC2)N(CCCCO)C(=O)[C@H]13. The van der Waals surface area contributed by atoms with Crippen LogP contribution in [0, 0.1) is 11.8 Å². The number of hydrogen-bond donors (Lipinski definition) is 2.